The molecule has 0 radical (unpaired) electrons. The van der Waals surface area contributed by atoms with Crippen molar-refractivity contribution >= 4 is 12.2 Å². The number of H-pyrrole nitrogens is 1. The molecule has 2 aromatic rings. The Morgan fingerprint density at radius 2 is 1.78 bits per heavy atom. The molecule has 1 aliphatic rings. The predicted octanol–water partition coefficient (Wildman–Crippen LogP) is 5.21. The van der Waals surface area contributed by atoms with Gasteiger partial charge in [-0.05, 0) is 43.1 Å². The fraction of sp³-hybridized carbons (Fsp3) is 0.500. The molecule has 1 N–H and O–H groups in total. The van der Waals surface area contributed by atoms with Gasteiger partial charge in [-0.2, -0.15) is 18.3 Å². The number of rotatable bonds is 3. The largest absolute Gasteiger partial charge is 0.416 e. The van der Waals surface area contributed by atoms with E-state index >= 15 is 0 Å². The summed E-state index contributed by atoms with van der Waals surface area (Å²) in [7, 11) is 0. The first kappa shape index (κ1) is 16.2. The normalized spacial score (nSPS) is 16.7. The third-order valence-electron chi connectivity index (χ3n) is 4.39. The molecule has 0 aliphatic heterocycles. The Hall–Kier alpha value is -1.63. The summed E-state index contributed by atoms with van der Waals surface area (Å²) in [4.78, 5) is 0. The maximum absolute atomic E-state index is 12.7. The van der Waals surface area contributed by atoms with E-state index in [0.717, 1.165) is 18.7 Å². The molecule has 0 spiro atoms. The number of aromatic nitrogens is 3. The Kier molecular flexibility index (Phi) is 4.57. The standard InChI is InChI=1S/C16H18F3N3S/c17-16(18,19)13-8-6-12(7-9-13)14-20-21-15(23)22(14)10-11-4-2-1-3-5-11/h6-9,11H,1-5,10H2,(H,21,23). The molecule has 3 nitrogen and oxygen atoms in total. The van der Waals surface area contributed by atoms with E-state index in [2.05, 4.69) is 10.2 Å². The van der Waals surface area contributed by atoms with Crippen LogP contribution < -0.4 is 0 Å². The van der Waals surface area contributed by atoms with Gasteiger partial charge in [-0.3, -0.25) is 9.67 Å². The zero-order valence-electron chi connectivity index (χ0n) is 12.6. The topological polar surface area (TPSA) is 33.6 Å². The Balaban J connectivity index is 1.87. The molecule has 1 aliphatic carbocycles. The third kappa shape index (κ3) is 3.65. The lowest BCUT2D eigenvalue weighted by Crippen LogP contribution is -2.15. The number of alkyl halides is 3. The number of aromatic amines is 1. The van der Waals surface area contributed by atoms with Crippen molar-refractivity contribution in [2.75, 3.05) is 0 Å². The third-order valence-corrected chi connectivity index (χ3v) is 4.71. The Labute approximate surface area is 137 Å². The maximum atomic E-state index is 12.7. The summed E-state index contributed by atoms with van der Waals surface area (Å²) in [6.07, 6.45) is 1.74. The predicted molar refractivity (Wildman–Crippen MR) is 84.4 cm³/mol. The lowest BCUT2D eigenvalue weighted by molar-refractivity contribution is -0.137. The van der Waals surface area contributed by atoms with E-state index in [0.29, 0.717) is 22.1 Å². The summed E-state index contributed by atoms with van der Waals surface area (Å²) in [5.74, 6) is 1.16. The van der Waals surface area contributed by atoms with Gasteiger partial charge >= 0.3 is 6.18 Å². The van der Waals surface area contributed by atoms with E-state index in [-0.39, 0.29) is 0 Å². The molecule has 0 bridgehead atoms. The Bertz CT molecular complexity index is 709. The molecule has 1 aromatic heterocycles. The van der Waals surface area contributed by atoms with E-state index in [1.807, 2.05) is 4.57 Å². The molecule has 0 atom stereocenters. The molecule has 0 amide bonds. The van der Waals surface area contributed by atoms with Gasteiger partial charge in [0.25, 0.3) is 0 Å². The smallest absolute Gasteiger partial charge is 0.300 e. The fourth-order valence-corrected chi connectivity index (χ4v) is 3.35. The van der Waals surface area contributed by atoms with Crippen molar-refractivity contribution in [1.82, 2.24) is 14.8 Å². The molecule has 1 heterocycles. The second-order valence-corrected chi connectivity index (χ2v) is 6.43. The number of hydrogen-bond acceptors (Lipinski definition) is 2. The average Bonchev–Trinajstić information content (AvgIpc) is 2.89. The first-order valence-electron chi connectivity index (χ1n) is 7.78. The van der Waals surface area contributed by atoms with Crippen molar-refractivity contribution in [1.29, 1.82) is 0 Å². The fourth-order valence-electron chi connectivity index (χ4n) is 3.14. The zero-order valence-corrected chi connectivity index (χ0v) is 13.4. The summed E-state index contributed by atoms with van der Waals surface area (Å²) >= 11 is 5.29. The minimum atomic E-state index is -4.33. The molecule has 7 heteroatoms. The number of nitrogens with one attached hydrogen (secondary N) is 1. The second-order valence-electron chi connectivity index (χ2n) is 6.04. The summed E-state index contributed by atoms with van der Waals surface area (Å²) in [6.45, 7) is 0.770. The van der Waals surface area contributed by atoms with Gasteiger partial charge in [0, 0.05) is 12.1 Å². The summed E-state index contributed by atoms with van der Waals surface area (Å²) in [5.41, 5.74) is -0.0182. The number of nitrogens with zero attached hydrogens (tertiary/aromatic N) is 2. The van der Waals surface area contributed by atoms with Crippen LogP contribution in [-0.4, -0.2) is 14.8 Å². The molecule has 1 aromatic carbocycles. The van der Waals surface area contributed by atoms with Crippen molar-refractivity contribution in [3.63, 3.8) is 0 Å². The quantitative estimate of drug-likeness (QED) is 0.778. The van der Waals surface area contributed by atoms with Crippen LogP contribution in [0, 0.1) is 10.7 Å². The van der Waals surface area contributed by atoms with Gasteiger partial charge in [-0.25, -0.2) is 0 Å². The van der Waals surface area contributed by atoms with E-state index < -0.39 is 11.7 Å². The van der Waals surface area contributed by atoms with Crippen LogP contribution in [0.3, 0.4) is 0 Å². The number of hydrogen-bond donors (Lipinski definition) is 1. The lowest BCUT2D eigenvalue weighted by atomic mass is 9.89. The summed E-state index contributed by atoms with van der Waals surface area (Å²) in [6, 6.07) is 5.06. The van der Waals surface area contributed by atoms with Gasteiger partial charge in [0.05, 0.1) is 5.56 Å². The van der Waals surface area contributed by atoms with Crippen LogP contribution in [0.5, 0.6) is 0 Å². The minimum Gasteiger partial charge on any atom is -0.300 e. The first-order valence-corrected chi connectivity index (χ1v) is 8.19. The van der Waals surface area contributed by atoms with Gasteiger partial charge < -0.3 is 0 Å². The molecule has 1 saturated carbocycles. The van der Waals surface area contributed by atoms with E-state index in [1.165, 1.54) is 44.2 Å². The van der Waals surface area contributed by atoms with Crippen LogP contribution in [0.2, 0.25) is 0 Å². The van der Waals surface area contributed by atoms with Crippen LogP contribution >= 0.6 is 12.2 Å². The Morgan fingerprint density at radius 1 is 1.13 bits per heavy atom. The van der Waals surface area contributed by atoms with Gasteiger partial charge in [0.15, 0.2) is 10.6 Å². The van der Waals surface area contributed by atoms with Crippen LogP contribution in [0.4, 0.5) is 13.2 Å². The molecular formula is C16H18F3N3S. The second kappa shape index (κ2) is 6.47. The number of halogens is 3. The first-order chi connectivity index (χ1) is 10.9. The van der Waals surface area contributed by atoms with Crippen LogP contribution in [-0.2, 0) is 12.7 Å². The summed E-state index contributed by atoms with van der Waals surface area (Å²) in [5, 5.41) is 6.97. The van der Waals surface area contributed by atoms with E-state index in [1.54, 1.807) is 0 Å². The van der Waals surface area contributed by atoms with Crippen LogP contribution in [0.1, 0.15) is 37.7 Å². The highest BCUT2D eigenvalue weighted by atomic mass is 32.1. The highest BCUT2D eigenvalue weighted by Gasteiger charge is 2.30. The van der Waals surface area contributed by atoms with Crippen molar-refractivity contribution < 1.29 is 13.2 Å². The molecule has 0 saturated heterocycles. The van der Waals surface area contributed by atoms with Crippen molar-refractivity contribution in [2.45, 2.75) is 44.8 Å². The van der Waals surface area contributed by atoms with Crippen molar-refractivity contribution in [3.05, 3.63) is 34.6 Å². The van der Waals surface area contributed by atoms with Crippen molar-refractivity contribution in [2.24, 2.45) is 5.92 Å². The molecule has 3 rings (SSSR count). The maximum Gasteiger partial charge on any atom is 0.416 e. The highest BCUT2D eigenvalue weighted by Crippen LogP contribution is 2.31. The molecule has 1 fully saturated rings. The van der Waals surface area contributed by atoms with Gasteiger partial charge in [-0.15, -0.1) is 0 Å². The van der Waals surface area contributed by atoms with Gasteiger partial charge in [0.2, 0.25) is 0 Å². The highest BCUT2D eigenvalue weighted by molar-refractivity contribution is 7.71. The summed E-state index contributed by atoms with van der Waals surface area (Å²) < 4.78 is 40.4. The SMILES string of the molecule is FC(F)(F)c1ccc(-c2n[nH]c(=S)n2CC2CCCCC2)cc1. The van der Waals surface area contributed by atoms with Crippen LogP contribution in [0.25, 0.3) is 11.4 Å². The minimum absolute atomic E-state index is 0.519. The molecule has 23 heavy (non-hydrogen) atoms. The van der Waals surface area contributed by atoms with E-state index in [4.69, 9.17) is 12.2 Å². The molecule has 0 unspecified atom stereocenters. The lowest BCUT2D eigenvalue weighted by Gasteiger charge is -2.22. The van der Waals surface area contributed by atoms with E-state index in [9.17, 15) is 13.2 Å². The van der Waals surface area contributed by atoms with Crippen molar-refractivity contribution in [3.8, 4) is 11.4 Å². The zero-order chi connectivity index (χ0) is 16.4. The average molecular weight is 341 g/mol. The Morgan fingerprint density at radius 3 is 2.39 bits per heavy atom. The van der Waals surface area contributed by atoms with Gasteiger partial charge in [0.1, 0.15) is 0 Å². The van der Waals surface area contributed by atoms with Gasteiger partial charge in [-0.1, -0.05) is 31.4 Å². The monoisotopic (exact) mass is 341 g/mol. The number of benzene rings is 1. The van der Waals surface area contributed by atoms with Crippen LogP contribution in [0.15, 0.2) is 24.3 Å². The molecular weight excluding hydrogens is 323 g/mol. The molecule has 124 valence electrons.